The lowest BCUT2D eigenvalue weighted by atomic mass is 10.1. The van der Waals surface area contributed by atoms with Gasteiger partial charge in [-0.2, -0.15) is 0 Å². The highest BCUT2D eigenvalue weighted by Crippen LogP contribution is 2.28. The SMILES string of the molecule is C[C@@H](NC(=O)N1CC[C@@H](CN(C)C)C1)C(=O)N1CCc2ccccc21. The summed E-state index contributed by atoms with van der Waals surface area (Å²) in [5.74, 6) is 0.472. The number of carbonyl (C=O) groups is 2. The summed E-state index contributed by atoms with van der Waals surface area (Å²) < 4.78 is 0. The number of para-hydroxylation sites is 1. The smallest absolute Gasteiger partial charge is 0.318 e. The minimum Gasteiger partial charge on any atom is -0.326 e. The Morgan fingerprint density at radius 2 is 2.04 bits per heavy atom. The number of likely N-dealkylation sites (tertiary alicyclic amines) is 1. The van der Waals surface area contributed by atoms with Crippen molar-refractivity contribution in [1.82, 2.24) is 15.1 Å². The van der Waals surface area contributed by atoms with Crippen molar-refractivity contribution in [3.63, 3.8) is 0 Å². The molecule has 0 aromatic heterocycles. The van der Waals surface area contributed by atoms with Gasteiger partial charge >= 0.3 is 6.03 Å². The van der Waals surface area contributed by atoms with Crippen LogP contribution in [0.25, 0.3) is 0 Å². The second-order valence-electron chi connectivity index (χ2n) is 7.40. The molecule has 2 atom stereocenters. The van der Waals surface area contributed by atoms with Crippen LogP contribution in [0.3, 0.4) is 0 Å². The van der Waals surface area contributed by atoms with Crippen LogP contribution < -0.4 is 10.2 Å². The van der Waals surface area contributed by atoms with E-state index in [9.17, 15) is 9.59 Å². The maximum atomic E-state index is 12.8. The van der Waals surface area contributed by atoms with E-state index in [2.05, 4.69) is 30.4 Å². The predicted octanol–water partition coefficient (Wildman–Crippen LogP) is 1.56. The third-order valence-electron chi connectivity index (χ3n) is 5.06. The molecular weight excluding hydrogens is 316 g/mol. The molecule has 1 N–H and O–H groups in total. The Labute approximate surface area is 149 Å². The first-order chi connectivity index (χ1) is 12.0. The topological polar surface area (TPSA) is 55.9 Å². The Morgan fingerprint density at radius 3 is 2.80 bits per heavy atom. The molecule has 6 nitrogen and oxygen atoms in total. The number of benzene rings is 1. The van der Waals surface area contributed by atoms with Gasteiger partial charge in [0.05, 0.1) is 0 Å². The van der Waals surface area contributed by atoms with Crippen molar-refractivity contribution in [3.05, 3.63) is 29.8 Å². The molecule has 0 unspecified atom stereocenters. The van der Waals surface area contributed by atoms with Crippen molar-refractivity contribution in [1.29, 1.82) is 0 Å². The van der Waals surface area contributed by atoms with Gasteiger partial charge < -0.3 is 20.0 Å². The van der Waals surface area contributed by atoms with Gasteiger partial charge in [-0.05, 0) is 51.4 Å². The molecule has 0 aliphatic carbocycles. The van der Waals surface area contributed by atoms with Crippen molar-refractivity contribution < 1.29 is 9.59 Å². The number of fused-ring (bicyclic) bond motifs is 1. The predicted molar refractivity (Wildman–Crippen MR) is 98.7 cm³/mol. The third-order valence-corrected chi connectivity index (χ3v) is 5.06. The van der Waals surface area contributed by atoms with Crippen LogP contribution in [0.5, 0.6) is 0 Å². The number of urea groups is 1. The molecule has 0 saturated carbocycles. The van der Waals surface area contributed by atoms with Gasteiger partial charge in [-0.1, -0.05) is 18.2 Å². The zero-order valence-electron chi connectivity index (χ0n) is 15.4. The van der Waals surface area contributed by atoms with Crippen molar-refractivity contribution in [2.24, 2.45) is 5.92 Å². The lowest BCUT2D eigenvalue weighted by molar-refractivity contribution is -0.119. The number of hydrogen-bond donors (Lipinski definition) is 1. The van der Waals surface area contributed by atoms with Crippen LogP contribution in [0.2, 0.25) is 0 Å². The van der Waals surface area contributed by atoms with Gasteiger partial charge in [-0.3, -0.25) is 4.79 Å². The molecule has 2 aliphatic heterocycles. The number of carbonyl (C=O) groups excluding carboxylic acids is 2. The molecule has 25 heavy (non-hydrogen) atoms. The highest BCUT2D eigenvalue weighted by Gasteiger charge is 2.31. The number of rotatable bonds is 4. The normalized spacial score (nSPS) is 20.7. The molecular formula is C19H28N4O2. The lowest BCUT2D eigenvalue weighted by Crippen LogP contribution is -2.50. The molecule has 6 heteroatoms. The summed E-state index contributed by atoms with van der Waals surface area (Å²) in [6, 6.07) is 7.32. The van der Waals surface area contributed by atoms with Gasteiger partial charge in [0.15, 0.2) is 0 Å². The van der Waals surface area contributed by atoms with Crippen molar-refractivity contribution in [2.75, 3.05) is 45.2 Å². The van der Waals surface area contributed by atoms with Crippen LogP contribution in [0, 0.1) is 5.92 Å². The van der Waals surface area contributed by atoms with E-state index in [4.69, 9.17) is 0 Å². The Morgan fingerprint density at radius 1 is 1.28 bits per heavy atom. The van der Waals surface area contributed by atoms with E-state index in [-0.39, 0.29) is 11.9 Å². The zero-order chi connectivity index (χ0) is 18.0. The van der Waals surface area contributed by atoms with Crippen molar-refractivity contribution in [2.45, 2.75) is 25.8 Å². The van der Waals surface area contributed by atoms with E-state index >= 15 is 0 Å². The first kappa shape index (κ1) is 17.7. The molecule has 0 bridgehead atoms. The number of hydrogen-bond acceptors (Lipinski definition) is 3. The van der Waals surface area contributed by atoms with Gasteiger partial charge in [-0.25, -0.2) is 4.79 Å². The van der Waals surface area contributed by atoms with Crippen LogP contribution in [0.1, 0.15) is 18.9 Å². The zero-order valence-corrected chi connectivity index (χ0v) is 15.4. The van der Waals surface area contributed by atoms with Gasteiger partial charge in [0.2, 0.25) is 5.91 Å². The van der Waals surface area contributed by atoms with Crippen molar-refractivity contribution in [3.8, 4) is 0 Å². The summed E-state index contributed by atoms with van der Waals surface area (Å²) in [6.07, 6.45) is 1.90. The van der Waals surface area contributed by atoms with E-state index in [0.717, 1.165) is 38.2 Å². The first-order valence-corrected chi connectivity index (χ1v) is 9.05. The number of amides is 3. The second-order valence-corrected chi connectivity index (χ2v) is 7.40. The fourth-order valence-corrected chi connectivity index (χ4v) is 3.82. The molecule has 3 rings (SSSR count). The van der Waals surface area contributed by atoms with Gasteiger partial charge in [0.1, 0.15) is 6.04 Å². The fourth-order valence-electron chi connectivity index (χ4n) is 3.82. The Kier molecular flexibility index (Phi) is 5.27. The van der Waals surface area contributed by atoms with Crippen LogP contribution >= 0.6 is 0 Å². The van der Waals surface area contributed by atoms with Crippen LogP contribution in [0.15, 0.2) is 24.3 Å². The molecule has 2 aliphatic rings. The highest BCUT2D eigenvalue weighted by molar-refractivity contribution is 6.00. The molecule has 1 aromatic carbocycles. The van der Waals surface area contributed by atoms with E-state index in [1.54, 1.807) is 11.8 Å². The average molecular weight is 344 g/mol. The van der Waals surface area contributed by atoms with Crippen LogP contribution in [-0.4, -0.2) is 68.1 Å². The van der Waals surface area contributed by atoms with E-state index in [1.807, 2.05) is 23.1 Å². The standard InChI is InChI=1S/C19H28N4O2/c1-14(18(24)23-11-9-16-6-4-5-7-17(16)23)20-19(25)22-10-8-15(13-22)12-21(2)3/h4-7,14-15H,8-13H2,1-3H3,(H,20,25)/t14-,15+/m1/s1. The van der Waals surface area contributed by atoms with E-state index in [0.29, 0.717) is 12.5 Å². The molecule has 136 valence electrons. The molecule has 0 spiro atoms. The molecule has 0 radical (unpaired) electrons. The van der Waals surface area contributed by atoms with Gasteiger partial charge in [0, 0.05) is 31.9 Å². The van der Waals surface area contributed by atoms with Gasteiger partial charge in [-0.15, -0.1) is 0 Å². The summed E-state index contributed by atoms with van der Waals surface area (Å²) in [4.78, 5) is 31.0. The Balaban J connectivity index is 1.55. The van der Waals surface area contributed by atoms with E-state index < -0.39 is 6.04 Å². The Bertz CT molecular complexity index is 646. The highest BCUT2D eigenvalue weighted by atomic mass is 16.2. The molecule has 1 aromatic rings. The monoisotopic (exact) mass is 344 g/mol. The summed E-state index contributed by atoms with van der Waals surface area (Å²) >= 11 is 0. The van der Waals surface area contributed by atoms with Gasteiger partial charge in [0.25, 0.3) is 0 Å². The lowest BCUT2D eigenvalue weighted by Gasteiger charge is -2.25. The van der Waals surface area contributed by atoms with Crippen molar-refractivity contribution >= 4 is 17.6 Å². The summed E-state index contributed by atoms with van der Waals surface area (Å²) in [5.41, 5.74) is 2.17. The van der Waals surface area contributed by atoms with Crippen LogP contribution in [-0.2, 0) is 11.2 Å². The molecule has 2 heterocycles. The maximum absolute atomic E-state index is 12.8. The fraction of sp³-hybridized carbons (Fsp3) is 0.579. The maximum Gasteiger partial charge on any atom is 0.318 e. The molecule has 1 saturated heterocycles. The van der Waals surface area contributed by atoms with Crippen LogP contribution in [0.4, 0.5) is 10.5 Å². The number of nitrogens with zero attached hydrogens (tertiary/aromatic N) is 3. The minimum atomic E-state index is -0.522. The summed E-state index contributed by atoms with van der Waals surface area (Å²) in [7, 11) is 4.11. The Hall–Kier alpha value is -2.08. The summed E-state index contributed by atoms with van der Waals surface area (Å²) in [6.45, 7) is 4.97. The van der Waals surface area contributed by atoms with E-state index in [1.165, 1.54) is 5.56 Å². The summed E-state index contributed by atoms with van der Waals surface area (Å²) in [5, 5.41) is 2.89. The number of anilines is 1. The average Bonchev–Trinajstić information content (AvgIpc) is 3.20. The molecule has 3 amide bonds. The number of nitrogens with one attached hydrogen (secondary N) is 1. The first-order valence-electron chi connectivity index (χ1n) is 9.05. The molecule has 1 fully saturated rings. The quantitative estimate of drug-likeness (QED) is 0.902. The minimum absolute atomic E-state index is 0.0395. The third kappa shape index (κ3) is 3.95. The second kappa shape index (κ2) is 7.44. The largest absolute Gasteiger partial charge is 0.326 e.